The topological polar surface area (TPSA) is 59.8 Å². The number of nitrogens with zero attached hydrogens (tertiary/aromatic N) is 3. The van der Waals surface area contributed by atoms with Gasteiger partial charge in [0, 0.05) is 18.3 Å². The Hall–Kier alpha value is -1.59. The van der Waals surface area contributed by atoms with E-state index in [1.807, 2.05) is 6.92 Å². The minimum Gasteiger partial charge on any atom is -0.319 e. The molecule has 0 aromatic carbocycles. The van der Waals surface area contributed by atoms with Crippen LogP contribution in [0.3, 0.4) is 0 Å². The number of nitrogens with one attached hydrogen (secondary N) is 1. The monoisotopic (exact) mass is 284 g/mol. The van der Waals surface area contributed by atoms with E-state index in [0.717, 1.165) is 6.54 Å². The Labute approximate surface area is 114 Å². The van der Waals surface area contributed by atoms with Crippen LogP contribution < -0.4 is 5.32 Å². The van der Waals surface area contributed by atoms with E-state index in [9.17, 15) is 4.79 Å². The molecule has 18 heavy (non-hydrogen) atoms. The molecule has 2 heterocycles. The van der Waals surface area contributed by atoms with Gasteiger partial charge in [-0.2, -0.15) is 5.10 Å². The van der Waals surface area contributed by atoms with Crippen molar-refractivity contribution in [2.24, 2.45) is 0 Å². The molecule has 0 spiro atoms. The molecule has 1 amide bonds. The first-order valence-corrected chi connectivity index (χ1v) is 6.01. The van der Waals surface area contributed by atoms with Crippen molar-refractivity contribution in [3.63, 3.8) is 0 Å². The summed E-state index contributed by atoms with van der Waals surface area (Å²) in [6.07, 6.45) is 3.31. The molecule has 5 nitrogen and oxygen atoms in total. The van der Waals surface area contributed by atoms with Gasteiger partial charge in [-0.3, -0.25) is 9.48 Å². The summed E-state index contributed by atoms with van der Waals surface area (Å²) >= 11 is 11.5. The van der Waals surface area contributed by atoms with Crippen molar-refractivity contribution in [2.45, 2.75) is 13.5 Å². The van der Waals surface area contributed by atoms with Crippen molar-refractivity contribution in [2.75, 3.05) is 5.32 Å². The standard InChI is InChI=1S/C11H10Cl2N4O/c1-2-17-6-8(5-14-17)15-11(18)7-3-9(12)16-10(13)4-7/h3-6H,2H2,1H3,(H,15,18). The Morgan fingerprint density at radius 1 is 1.39 bits per heavy atom. The van der Waals surface area contributed by atoms with Crippen molar-refractivity contribution in [3.05, 3.63) is 40.4 Å². The molecule has 2 aromatic heterocycles. The Morgan fingerprint density at radius 3 is 2.61 bits per heavy atom. The van der Waals surface area contributed by atoms with Gasteiger partial charge in [-0.05, 0) is 19.1 Å². The highest BCUT2D eigenvalue weighted by Crippen LogP contribution is 2.16. The van der Waals surface area contributed by atoms with E-state index in [4.69, 9.17) is 23.2 Å². The maximum Gasteiger partial charge on any atom is 0.255 e. The average Bonchev–Trinajstić information content (AvgIpc) is 2.75. The molecule has 0 fully saturated rings. The zero-order valence-corrected chi connectivity index (χ0v) is 11.0. The molecule has 0 aliphatic carbocycles. The smallest absolute Gasteiger partial charge is 0.255 e. The highest BCUT2D eigenvalue weighted by atomic mass is 35.5. The van der Waals surface area contributed by atoms with Crippen molar-refractivity contribution in [1.82, 2.24) is 14.8 Å². The second-order valence-corrected chi connectivity index (χ2v) is 4.31. The summed E-state index contributed by atoms with van der Waals surface area (Å²) in [7, 11) is 0. The largest absolute Gasteiger partial charge is 0.319 e. The van der Waals surface area contributed by atoms with E-state index >= 15 is 0 Å². The summed E-state index contributed by atoms with van der Waals surface area (Å²) in [6, 6.07) is 2.90. The van der Waals surface area contributed by atoms with Gasteiger partial charge in [-0.15, -0.1) is 0 Å². The van der Waals surface area contributed by atoms with E-state index in [0.29, 0.717) is 11.3 Å². The van der Waals surface area contributed by atoms with Gasteiger partial charge in [0.25, 0.3) is 5.91 Å². The van der Waals surface area contributed by atoms with Crippen LogP contribution in [0.2, 0.25) is 10.3 Å². The molecule has 0 atom stereocenters. The van der Waals surface area contributed by atoms with Crippen LogP contribution in [0.1, 0.15) is 17.3 Å². The molecular formula is C11H10Cl2N4O. The molecule has 2 aromatic rings. The normalized spacial score (nSPS) is 10.4. The SMILES string of the molecule is CCn1cc(NC(=O)c2cc(Cl)nc(Cl)c2)cn1. The second kappa shape index (κ2) is 5.37. The molecule has 7 heteroatoms. The summed E-state index contributed by atoms with van der Waals surface area (Å²) in [5.74, 6) is -0.308. The fraction of sp³-hybridized carbons (Fsp3) is 0.182. The fourth-order valence-corrected chi connectivity index (χ4v) is 1.86. The summed E-state index contributed by atoms with van der Waals surface area (Å²) in [4.78, 5) is 15.7. The number of rotatable bonds is 3. The molecule has 0 aliphatic rings. The van der Waals surface area contributed by atoms with Crippen LogP contribution >= 0.6 is 23.2 Å². The molecule has 0 saturated heterocycles. The highest BCUT2D eigenvalue weighted by Gasteiger charge is 2.10. The third-order valence-corrected chi connectivity index (χ3v) is 2.63. The number of carbonyl (C=O) groups is 1. The average molecular weight is 285 g/mol. The minimum atomic E-state index is -0.308. The van der Waals surface area contributed by atoms with E-state index < -0.39 is 0 Å². The van der Waals surface area contributed by atoms with E-state index in [1.54, 1.807) is 17.1 Å². The number of hydrogen-bond donors (Lipinski definition) is 1. The van der Waals surface area contributed by atoms with E-state index in [2.05, 4.69) is 15.4 Å². The molecule has 1 N–H and O–H groups in total. The van der Waals surface area contributed by atoms with Crippen LogP contribution in [0, 0.1) is 0 Å². The number of anilines is 1. The van der Waals surface area contributed by atoms with Crippen molar-refractivity contribution in [3.8, 4) is 0 Å². The zero-order valence-electron chi connectivity index (χ0n) is 9.52. The molecule has 0 bridgehead atoms. The van der Waals surface area contributed by atoms with Crippen LogP contribution in [0.15, 0.2) is 24.5 Å². The highest BCUT2D eigenvalue weighted by molar-refractivity contribution is 6.33. The number of aryl methyl sites for hydroxylation is 1. The van der Waals surface area contributed by atoms with Crippen molar-refractivity contribution in [1.29, 1.82) is 0 Å². The summed E-state index contributed by atoms with van der Waals surface area (Å²) in [5.41, 5.74) is 0.968. The van der Waals surface area contributed by atoms with Gasteiger partial charge < -0.3 is 5.32 Å². The molecule has 0 aliphatic heterocycles. The van der Waals surface area contributed by atoms with Crippen LogP contribution in [0.5, 0.6) is 0 Å². The third kappa shape index (κ3) is 3.00. The van der Waals surface area contributed by atoms with Gasteiger partial charge >= 0.3 is 0 Å². The van der Waals surface area contributed by atoms with E-state index in [-0.39, 0.29) is 16.2 Å². The maximum atomic E-state index is 11.9. The van der Waals surface area contributed by atoms with Crippen molar-refractivity contribution >= 4 is 34.8 Å². The molecular weight excluding hydrogens is 275 g/mol. The van der Waals surface area contributed by atoms with Gasteiger partial charge in [0.1, 0.15) is 10.3 Å². The lowest BCUT2D eigenvalue weighted by Gasteiger charge is -2.03. The van der Waals surface area contributed by atoms with Gasteiger partial charge in [0.2, 0.25) is 0 Å². The molecule has 2 rings (SSSR count). The van der Waals surface area contributed by atoms with Gasteiger partial charge in [-0.1, -0.05) is 23.2 Å². The first-order valence-electron chi connectivity index (χ1n) is 5.25. The Bertz CT molecular complexity index is 562. The number of amides is 1. The lowest BCUT2D eigenvalue weighted by atomic mass is 10.2. The first-order chi connectivity index (χ1) is 8.58. The zero-order chi connectivity index (χ0) is 13.1. The minimum absolute atomic E-state index is 0.178. The molecule has 0 unspecified atom stereocenters. The van der Waals surface area contributed by atoms with Gasteiger partial charge in [-0.25, -0.2) is 4.98 Å². The molecule has 94 valence electrons. The van der Waals surface area contributed by atoms with Crippen LogP contribution in [0.4, 0.5) is 5.69 Å². The summed E-state index contributed by atoms with van der Waals surface area (Å²) in [6.45, 7) is 2.70. The number of halogens is 2. The number of aromatic nitrogens is 3. The second-order valence-electron chi connectivity index (χ2n) is 3.54. The lowest BCUT2D eigenvalue weighted by Crippen LogP contribution is -2.11. The predicted molar refractivity (Wildman–Crippen MR) is 70.1 cm³/mol. The quantitative estimate of drug-likeness (QED) is 0.882. The number of hydrogen-bond acceptors (Lipinski definition) is 3. The first kappa shape index (κ1) is 12.9. The number of carbonyl (C=O) groups excluding carboxylic acids is 1. The molecule has 0 saturated carbocycles. The Balaban J connectivity index is 2.16. The Morgan fingerprint density at radius 2 is 2.06 bits per heavy atom. The predicted octanol–water partition coefficient (Wildman–Crippen LogP) is 2.86. The lowest BCUT2D eigenvalue weighted by molar-refractivity contribution is 0.102. The van der Waals surface area contributed by atoms with Crippen molar-refractivity contribution < 1.29 is 4.79 Å². The van der Waals surface area contributed by atoms with Gasteiger partial charge in [0.15, 0.2) is 0 Å². The maximum absolute atomic E-state index is 11.9. The summed E-state index contributed by atoms with van der Waals surface area (Å²) < 4.78 is 1.71. The summed E-state index contributed by atoms with van der Waals surface area (Å²) in [5, 5.41) is 7.11. The third-order valence-electron chi connectivity index (χ3n) is 2.24. The van der Waals surface area contributed by atoms with Crippen LogP contribution in [0.25, 0.3) is 0 Å². The Kier molecular flexibility index (Phi) is 3.84. The van der Waals surface area contributed by atoms with Gasteiger partial charge in [0.05, 0.1) is 11.9 Å². The van der Waals surface area contributed by atoms with Crippen LogP contribution in [-0.2, 0) is 6.54 Å². The van der Waals surface area contributed by atoms with E-state index in [1.165, 1.54) is 12.1 Å². The van der Waals surface area contributed by atoms with Crippen LogP contribution in [-0.4, -0.2) is 20.7 Å². The molecule has 0 radical (unpaired) electrons. The number of pyridine rings is 1. The fourth-order valence-electron chi connectivity index (χ4n) is 1.40.